The first kappa shape index (κ1) is 19.8. The molecule has 2 heterocycles. The van der Waals surface area contributed by atoms with Crippen molar-refractivity contribution in [2.24, 2.45) is 0 Å². The first-order valence-electron chi connectivity index (χ1n) is 8.30. The third-order valence-electron chi connectivity index (χ3n) is 4.02. The number of benzene rings is 1. The molecule has 5 nitrogen and oxygen atoms in total. The van der Waals surface area contributed by atoms with Crippen LogP contribution in [0.3, 0.4) is 0 Å². The lowest BCUT2D eigenvalue weighted by atomic mass is 10.2. The Balaban J connectivity index is 1.55. The van der Waals surface area contributed by atoms with Gasteiger partial charge < -0.3 is 5.32 Å². The average molecular weight is 421 g/mol. The highest BCUT2D eigenvalue weighted by Crippen LogP contribution is 2.29. The minimum Gasteiger partial charge on any atom is -0.352 e. The lowest BCUT2D eigenvalue weighted by Gasteiger charge is -2.11. The highest BCUT2D eigenvalue weighted by atomic mass is 32.2. The van der Waals surface area contributed by atoms with E-state index in [1.807, 2.05) is 0 Å². The maximum Gasteiger partial charge on any atom is 0.251 e. The van der Waals surface area contributed by atoms with Crippen LogP contribution in [0.15, 0.2) is 58.1 Å². The van der Waals surface area contributed by atoms with Crippen molar-refractivity contribution in [1.82, 2.24) is 9.62 Å². The normalized spacial score (nSPS) is 11.7. The summed E-state index contributed by atoms with van der Waals surface area (Å²) in [6.07, 6.45) is 0.758. The second-order valence-electron chi connectivity index (χ2n) is 6.10. The first-order valence-corrected chi connectivity index (χ1v) is 11.5. The molecule has 2 aromatic heterocycles. The predicted molar refractivity (Wildman–Crippen MR) is 111 cm³/mol. The van der Waals surface area contributed by atoms with Crippen LogP contribution >= 0.6 is 22.7 Å². The maximum absolute atomic E-state index is 12.3. The van der Waals surface area contributed by atoms with Crippen molar-refractivity contribution in [2.75, 3.05) is 20.6 Å². The fourth-order valence-electron chi connectivity index (χ4n) is 2.46. The van der Waals surface area contributed by atoms with E-state index in [0.29, 0.717) is 12.1 Å². The van der Waals surface area contributed by atoms with E-state index >= 15 is 0 Å². The summed E-state index contributed by atoms with van der Waals surface area (Å²) >= 11 is 3.41. The summed E-state index contributed by atoms with van der Waals surface area (Å²) in [5, 5.41) is 7.06. The SMILES string of the molecule is CN(C)S(=O)(=O)c1ccc(C(=O)NCCc2ccc(-c3ccsc3)s2)cc1. The zero-order valence-electron chi connectivity index (χ0n) is 15.0. The molecule has 8 heteroatoms. The number of nitrogens with one attached hydrogen (secondary N) is 1. The Morgan fingerprint density at radius 2 is 1.81 bits per heavy atom. The highest BCUT2D eigenvalue weighted by Gasteiger charge is 2.17. The summed E-state index contributed by atoms with van der Waals surface area (Å²) < 4.78 is 25.3. The Kier molecular flexibility index (Phi) is 6.11. The van der Waals surface area contributed by atoms with Gasteiger partial charge in [-0.3, -0.25) is 4.79 Å². The van der Waals surface area contributed by atoms with Crippen molar-refractivity contribution in [3.8, 4) is 10.4 Å². The minimum absolute atomic E-state index is 0.170. The monoisotopic (exact) mass is 420 g/mol. The van der Waals surface area contributed by atoms with Crippen LogP contribution in [0.1, 0.15) is 15.2 Å². The molecule has 27 heavy (non-hydrogen) atoms. The van der Waals surface area contributed by atoms with Gasteiger partial charge in [0.25, 0.3) is 5.91 Å². The van der Waals surface area contributed by atoms with Crippen LogP contribution in [0.4, 0.5) is 0 Å². The first-order chi connectivity index (χ1) is 12.9. The van der Waals surface area contributed by atoms with E-state index in [4.69, 9.17) is 0 Å². The number of nitrogens with zero attached hydrogens (tertiary/aromatic N) is 1. The van der Waals surface area contributed by atoms with Gasteiger partial charge in [0, 0.05) is 41.5 Å². The fraction of sp³-hybridized carbons (Fsp3) is 0.211. The van der Waals surface area contributed by atoms with Crippen LogP contribution in [0, 0.1) is 0 Å². The molecule has 0 bridgehead atoms. The van der Waals surface area contributed by atoms with E-state index in [1.165, 1.54) is 53.7 Å². The Morgan fingerprint density at radius 3 is 2.44 bits per heavy atom. The summed E-state index contributed by atoms with van der Waals surface area (Å²) in [5.74, 6) is -0.210. The summed E-state index contributed by atoms with van der Waals surface area (Å²) in [6.45, 7) is 0.528. The second kappa shape index (κ2) is 8.35. The zero-order valence-corrected chi connectivity index (χ0v) is 17.5. The number of rotatable bonds is 7. The lowest BCUT2D eigenvalue weighted by molar-refractivity contribution is 0.0954. The Bertz CT molecular complexity index is 1000. The van der Waals surface area contributed by atoms with Gasteiger partial charge in [-0.2, -0.15) is 11.3 Å². The van der Waals surface area contributed by atoms with Crippen LogP contribution in [-0.2, 0) is 16.4 Å². The van der Waals surface area contributed by atoms with Gasteiger partial charge in [-0.1, -0.05) is 0 Å². The van der Waals surface area contributed by atoms with Crippen molar-refractivity contribution in [3.63, 3.8) is 0 Å². The lowest BCUT2D eigenvalue weighted by Crippen LogP contribution is -2.26. The topological polar surface area (TPSA) is 66.5 Å². The summed E-state index contributed by atoms with van der Waals surface area (Å²) in [4.78, 5) is 14.9. The van der Waals surface area contributed by atoms with Crippen LogP contribution in [-0.4, -0.2) is 39.3 Å². The van der Waals surface area contributed by atoms with Crippen molar-refractivity contribution in [1.29, 1.82) is 0 Å². The largest absolute Gasteiger partial charge is 0.352 e. The molecule has 0 spiro atoms. The van der Waals surface area contributed by atoms with Crippen molar-refractivity contribution < 1.29 is 13.2 Å². The summed E-state index contributed by atoms with van der Waals surface area (Å²) in [6, 6.07) is 12.3. The standard InChI is InChI=1S/C19H20N2O3S3/c1-21(2)27(23,24)17-6-3-14(4-7-17)19(22)20-11-9-16-5-8-18(26-16)15-10-12-25-13-15/h3-8,10,12-13H,9,11H2,1-2H3,(H,20,22). The van der Waals surface area contributed by atoms with E-state index in [2.05, 4.69) is 34.3 Å². The molecule has 0 atom stereocenters. The molecule has 0 fully saturated rings. The molecule has 3 rings (SSSR count). The number of carbonyl (C=O) groups is 1. The Labute approximate surface area is 167 Å². The number of thiophene rings is 2. The molecular weight excluding hydrogens is 400 g/mol. The Hall–Kier alpha value is -2.00. The molecule has 0 aliphatic rings. The summed E-state index contributed by atoms with van der Waals surface area (Å²) in [5.41, 5.74) is 1.67. The van der Waals surface area contributed by atoms with Crippen molar-refractivity contribution >= 4 is 38.6 Å². The van der Waals surface area contributed by atoms with Gasteiger partial charge >= 0.3 is 0 Å². The molecule has 3 aromatic rings. The van der Waals surface area contributed by atoms with Crippen molar-refractivity contribution in [3.05, 3.63) is 63.7 Å². The van der Waals surface area contributed by atoms with Crippen LogP contribution in [0.5, 0.6) is 0 Å². The molecule has 0 saturated heterocycles. The van der Waals surface area contributed by atoms with Gasteiger partial charge in [0.05, 0.1) is 4.90 Å². The molecule has 0 aliphatic carbocycles. The average Bonchev–Trinajstić information content (AvgIpc) is 3.33. The molecule has 1 aromatic carbocycles. The molecule has 0 radical (unpaired) electrons. The van der Waals surface area contributed by atoms with E-state index in [9.17, 15) is 13.2 Å². The van der Waals surface area contributed by atoms with Gasteiger partial charge in [-0.25, -0.2) is 12.7 Å². The van der Waals surface area contributed by atoms with E-state index < -0.39 is 10.0 Å². The zero-order chi connectivity index (χ0) is 19.4. The van der Waals surface area contributed by atoms with Crippen LogP contribution in [0.2, 0.25) is 0 Å². The number of amides is 1. The van der Waals surface area contributed by atoms with Gasteiger partial charge in [-0.05, 0) is 59.6 Å². The molecule has 142 valence electrons. The van der Waals surface area contributed by atoms with E-state index in [0.717, 1.165) is 10.7 Å². The number of sulfonamides is 1. The molecule has 0 saturated carbocycles. The van der Waals surface area contributed by atoms with Gasteiger partial charge in [-0.15, -0.1) is 11.3 Å². The predicted octanol–water partition coefficient (Wildman–Crippen LogP) is 3.70. The fourth-order valence-corrected chi connectivity index (χ4v) is 5.10. The van der Waals surface area contributed by atoms with Crippen molar-refractivity contribution in [2.45, 2.75) is 11.3 Å². The quantitative estimate of drug-likeness (QED) is 0.634. The number of carbonyl (C=O) groups excluding carboxylic acids is 1. The van der Waals surface area contributed by atoms with Gasteiger partial charge in [0.15, 0.2) is 0 Å². The molecule has 0 unspecified atom stereocenters. The second-order valence-corrected chi connectivity index (χ2v) is 10.2. The van der Waals surface area contributed by atoms with Gasteiger partial charge in [0.1, 0.15) is 0 Å². The molecule has 1 amide bonds. The van der Waals surface area contributed by atoms with Crippen LogP contribution < -0.4 is 5.32 Å². The molecule has 1 N–H and O–H groups in total. The smallest absolute Gasteiger partial charge is 0.251 e. The van der Waals surface area contributed by atoms with E-state index in [1.54, 1.807) is 22.7 Å². The summed E-state index contributed by atoms with van der Waals surface area (Å²) in [7, 11) is -0.532. The highest BCUT2D eigenvalue weighted by molar-refractivity contribution is 7.89. The van der Waals surface area contributed by atoms with E-state index in [-0.39, 0.29) is 10.8 Å². The molecule has 0 aliphatic heterocycles. The van der Waals surface area contributed by atoms with Gasteiger partial charge in [0.2, 0.25) is 10.0 Å². The number of hydrogen-bond acceptors (Lipinski definition) is 5. The maximum atomic E-state index is 12.3. The Morgan fingerprint density at radius 1 is 1.07 bits per heavy atom. The minimum atomic E-state index is -3.48. The third-order valence-corrected chi connectivity index (χ3v) is 7.73. The van der Waals surface area contributed by atoms with Crippen LogP contribution in [0.25, 0.3) is 10.4 Å². The molecular formula is C19H20N2O3S3. The third kappa shape index (κ3) is 4.65. The number of hydrogen-bond donors (Lipinski definition) is 1.